The number of nitrogens with one attached hydrogen (secondary N) is 2. The lowest BCUT2D eigenvalue weighted by Crippen LogP contribution is -2.23. The molecule has 6 heteroatoms. The second-order valence-corrected chi connectivity index (χ2v) is 7.32. The van der Waals surface area contributed by atoms with Gasteiger partial charge in [0.25, 0.3) is 5.91 Å². The number of rotatable bonds is 5. The minimum Gasteiger partial charge on any atom is -0.351 e. The molecule has 2 N–H and O–H groups in total. The molecule has 0 saturated heterocycles. The normalized spacial score (nSPS) is 14.4. The SMILES string of the molecule is O=C(Nc1cccc(F)c1)c1ccc(-c2cnc(NC3CCCCC3)nc2)cc1. The molecular formula is C23H23FN4O. The molecule has 1 aromatic heterocycles. The summed E-state index contributed by atoms with van der Waals surface area (Å²) in [6.07, 6.45) is 9.76. The van der Waals surface area contributed by atoms with E-state index in [1.165, 1.54) is 44.2 Å². The van der Waals surface area contributed by atoms with Crippen molar-refractivity contribution in [2.45, 2.75) is 38.1 Å². The minimum atomic E-state index is -0.389. The zero-order chi connectivity index (χ0) is 20.1. The van der Waals surface area contributed by atoms with Crippen LogP contribution in [0.25, 0.3) is 11.1 Å². The molecule has 148 valence electrons. The number of carbonyl (C=O) groups excluding carboxylic acids is 1. The fraction of sp³-hybridized carbons (Fsp3) is 0.261. The van der Waals surface area contributed by atoms with Crippen molar-refractivity contribution in [3.63, 3.8) is 0 Å². The maximum atomic E-state index is 13.3. The van der Waals surface area contributed by atoms with E-state index < -0.39 is 0 Å². The van der Waals surface area contributed by atoms with E-state index in [1.54, 1.807) is 36.7 Å². The molecule has 1 saturated carbocycles. The zero-order valence-corrected chi connectivity index (χ0v) is 16.1. The van der Waals surface area contributed by atoms with Gasteiger partial charge in [-0.2, -0.15) is 0 Å². The Kier molecular flexibility index (Phi) is 5.79. The summed E-state index contributed by atoms with van der Waals surface area (Å²) in [4.78, 5) is 21.2. The van der Waals surface area contributed by atoms with Crippen molar-refractivity contribution in [2.75, 3.05) is 10.6 Å². The van der Waals surface area contributed by atoms with Gasteiger partial charge in [-0.1, -0.05) is 37.5 Å². The molecule has 1 fully saturated rings. The Morgan fingerprint density at radius 1 is 0.931 bits per heavy atom. The van der Waals surface area contributed by atoms with E-state index >= 15 is 0 Å². The molecule has 0 unspecified atom stereocenters. The third-order valence-corrected chi connectivity index (χ3v) is 5.15. The van der Waals surface area contributed by atoms with E-state index in [0.29, 0.717) is 23.2 Å². The first-order valence-corrected chi connectivity index (χ1v) is 9.93. The Balaban J connectivity index is 1.40. The van der Waals surface area contributed by atoms with Crippen LogP contribution >= 0.6 is 0 Å². The van der Waals surface area contributed by atoms with Gasteiger partial charge in [-0.15, -0.1) is 0 Å². The second-order valence-electron chi connectivity index (χ2n) is 7.32. The first-order chi connectivity index (χ1) is 14.2. The van der Waals surface area contributed by atoms with Crippen LogP contribution in [0, 0.1) is 5.82 Å². The third kappa shape index (κ3) is 4.96. The van der Waals surface area contributed by atoms with Gasteiger partial charge < -0.3 is 10.6 Å². The topological polar surface area (TPSA) is 66.9 Å². The van der Waals surface area contributed by atoms with Gasteiger partial charge in [0.1, 0.15) is 5.82 Å². The Labute approximate surface area is 169 Å². The number of halogens is 1. The number of carbonyl (C=O) groups is 1. The van der Waals surface area contributed by atoms with Gasteiger partial charge in [0.2, 0.25) is 5.95 Å². The molecule has 1 aliphatic rings. The number of benzene rings is 2. The summed E-state index contributed by atoms with van der Waals surface area (Å²) in [6, 6.07) is 13.5. The van der Waals surface area contributed by atoms with E-state index in [1.807, 2.05) is 12.1 Å². The molecule has 5 nitrogen and oxygen atoms in total. The molecule has 0 spiro atoms. The van der Waals surface area contributed by atoms with Gasteiger partial charge in [0.15, 0.2) is 0 Å². The molecule has 29 heavy (non-hydrogen) atoms. The highest BCUT2D eigenvalue weighted by Crippen LogP contribution is 2.22. The fourth-order valence-corrected chi connectivity index (χ4v) is 3.56. The highest BCUT2D eigenvalue weighted by atomic mass is 19.1. The maximum absolute atomic E-state index is 13.3. The van der Waals surface area contributed by atoms with E-state index in [4.69, 9.17) is 0 Å². The van der Waals surface area contributed by atoms with Gasteiger partial charge in [0, 0.05) is 35.2 Å². The number of amides is 1. The van der Waals surface area contributed by atoms with Gasteiger partial charge in [0.05, 0.1) is 0 Å². The van der Waals surface area contributed by atoms with Crippen molar-refractivity contribution in [1.82, 2.24) is 9.97 Å². The van der Waals surface area contributed by atoms with Crippen LogP contribution < -0.4 is 10.6 Å². The predicted molar refractivity (Wildman–Crippen MR) is 112 cm³/mol. The van der Waals surface area contributed by atoms with Gasteiger partial charge >= 0.3 is 0 Å². The van der Waals surface area contributed by atoms with Crippen LogP contribution in [-0.2, 0) is 0 Å². The minimum absolute atomic E-state index is 0.287. The molecule has 0 atom stereocenters. The van der Waals surface area contributed by atoms with Crippen molar-refractivity contribution in [3.05, 3.63) is 72.3 Å². The summed E-state index contributed by atoms with van der Waals surface area (Å²) >= 11 is 0. The maximum Gasteiger partial charge on any atom is 0.255 e. The molecule has 0 aliphatic heterocycles. The number of nitrogens with zero attached hydrogens (tertiary/aromatic N) is 2. The number of hydrogen-bond acceptors (Lipinski definition) is 4. The van der Waals surface area contributed by atoms with Crippen molar-refractivity contribution in [1.29, 1.82) is 0 Å². The van der Waals surface area contributed by atoms with Gasteiger partial charge in [-0.3, -0.25) is 4.79 Å². The van der Waals surface area contributed by atoms with Crippen molar-refractivity contribution >= 4 is 17.5 Å². The molecular weight excluding hydrogens is 367 g/mol. The van der Waals surface area contributed by atoms with Crippen LogP contribution in [0.15, 0.2) is 60.9 Å². The Bertz CT molecular complexity index is 967. The molecule has 0 bridgehead atoms. The lowest BCUT2D eigenvalue weighted by molar-refractivity contribution is 0.102. The summed E-state index contributed by atoms with van der Waals surface area (Å²) in [6.45, 7) is 0. The van der Waals surface area contributed by atoms with Gasteiger partial charge in [-0.05, 0) is 48.7 Å². The van der Waals surface area contributed by atoms with Crippen molar-refractivity contribution in [2.24, 2.45) is 0 Å². The Hall–Kier alpha value is -3.28. The molecule has 2 aromatic carbocycles. The first-order valence-electron chi connectivity index (χ1n) is 9.93. The first kappa shape index (κ1) is 19.1. The summed E-state index contributed by atoms with van der Waals surface area (Å²) in [5.74, 6) is -0.0169. The van der Waals surface area contributed by atoms with Crippen LogP contribution in [0.3, 0.4) is 0 Å². The smallest absolute Gasteiger partial charge is 0.255 e. The van der Waals surface area contributed by atoms with Crippen LogP contribution in [0.4, 0.5) is 16.0 Å². The standard InChI is InChI=1S/C23H23FN4O/c24-19-5-4-8-21(13-19)27-22(29)17-11-9-16(10-12-17)18-14-25-23(26-15-18)28-20-6-2-1-3-7-20/h4-5,8-15,20H,1-3,6-7H2,(H,27,29)(H,25,26,28). The zero-order valence-electron chi connectivity index (χ0n) is 16.1. The molecule has 3 aromatic rings. The molecule has 0 radical (unpaired) electrons. The predicted octanol–water partition coefficient (Wildman–Crippen LogP) is 5.28. The van der Waals surface area contributed by atoms with Crippen LogP contribution in [-0.4, -0.2) is 21.9 Å². The Morgan fingerprint density at radius 2 is 1.66 bits per heavy atom. The summed E-state index contributed by atoms with van der Waals surface area (Å²) in [7, 11) is 0. The van der Waals surface area contributed by atoms with Crippen LogP contribution in [0.2, 0.25) is 0 Å². The highest BCUT2D eigenvalue weighted by molar-refractivity contribution is 6.04. The van der Waals surface area contributed by atoms with Crippen molar-refractivity contribution in [3.8, 4) is 11.1 Å². The summed E-state index contributed by atoms with van der Waals surface area (Å²) in [5, 5.41) is 6.10. The van der Waals surface area contributed by atoms with E-state index in [2.05, 4.69) is 20.6 Å². The summed E-state index contributed by atoms with van der Waals surface area (Å²) in [5.41, 5.74) is 2.73. The summed E-state index contributed by atoms with van der Waals surface area (Å²) < 4.78 is 13.3. The van der Waals surface area contributed by atoms with E-state index in [0.717, 1.165) is 11.1 Å². The largest absolute Gasteiger partial charge is 0.351 e. The quantitative estimate of drug-likeness (QED) is 0.622. The van der Waals surface area contributed by atoms with E-state index in [-0.39, 0.29) is 11.7 Å². The van der Waals surface area contributed by atoms with Gasteiger partial charge in [-0.25, -0.2) is 14.4 Å². The fourth-order valence-electron chi connectivity index (χ4n) is 3.56. The number of hydrogen-bond donors (Lipinski definition) is 2. The monoisotopic (exact) mass is 390 g/mol. The Morgan fingerprint density at radius 3 is 2.34 bits per heavy atom. The number of aromatic nitrogens is 2. The lowest BCUT2D eigenvalue weighted by Gasteiger charge is -2.22. The molecule has 1 aliphatic carbocycles. The highest BCUT2D eigenvalue weighted by Gasteiger charge is 2.14. The molecule has 1 heterocycles. The third-order valence-electron chi connectivity index (χ3n) is 5.15. The number of anilines is 2. The van der Waals surface area contributed by atoms with Crippen molar-refractivity contribution < 1.29 is 9.18 Å². The molecule has 4 rings (SSSR count). The second kappa shape index (κ2) is 8.82. The average molecular weight is 390 g/mol. The van der Waals surface area contributed by atoms with E-state index in [9.17, 15) is 9.18 Å². The lowest BCUT2D eigenvalue weighted by atomic mass is 9.96. The molecule has 1 amide bonds. The average Bonchev–Trinajstić information content (AvgIpc) is 2.75. The van der Waals surface area contributed by atoms with Crippen LogP contribution in [0.5, 0.6) is 0 Å². The van der Waals surface area contributed by atoms with Crippen LogP contribution in [0.1, 0.15) is 42.5 Å².